The van der Waals surface area contributed by atoms with E-state index in [9.17, 15) is 0 Å². The molecule has 0 fully saturated rings. The highest BCUT2D eigenvalue weighted by atomic mass is 16.5. The van der Waals surface area contributed by atoms with Crippen LogP contribution >= 0.6 is 0 Å². The van der Waals surface area contributed by atoms with Crippen LogP contribution in [0.2, 0.25) is 0 Å². The Bertz CT molecular complexity index is 575. The summed E-state index contributed by atoms with van der Waals surface area (Å²) >= 11 is 0. The van der Waals surface area contributed by atoms with Crippen molar-refractivity contribution in [1.82, 2.24) is 0 Å². The van der Waals surface area contributed by atoms with E-state index < -0.39 is 0 Å². The standard InChI is InChI=1S/C19H25NO/c1-5-15-7-9-16(10-8-15)18(6-2)20-17-11-12-19(21-4)14(3)13-17/h7-13,18,20H,5-6H2,1-4H3. The van der Waals surface area contributed by atoms with E-state index in [0.717, 1.165) is 29.8 Å². The maximum atomic E-state index is 5.31. The molecule has 112 valence electrons. The van der Waals surface area contributed by atoms with Crippen molar-refractivity contribution in [3.8, 4) is 5.75 Å². The van der Waals surface area contributed by atoms with Crippen LogP contribution in [0, 0.1) is 6.92 Å². The predicted octanol–water partition coefficient (Wildman–Crippen LogP) is 5.13. The molecule has 0 saturated carbocycles. The summed E-state index contributed by atoms with van der Waals surface area (Å²) in [5.74, 6) is 0.931. The molecule has 2 aromatic rings. The maximum absolute atomic E-state index is 5.31. The van der Waals surface area contributed by atoms with E-state index in [0.29, 0.717) is 6.04 Å². The Labute approximate surface area is 128 Å². The third-order valence-electron chi connectivity index (χ3n) is 3.93. The fourth-order valence-corrected chi connectivity index (χ4v) is 2.58. The first-order chi connectivity index (χ1) is 10.2. The number of hydrogen-bond acceptors (Lipinski definition) is 2. The molecule has 0 radical (unpaired) electrons. The number of benzene rings is 2. The molecule has 2 rings (SSSR count). The van der Waals surface area contributed by atoms with Crippen molar-refractivity contribution in [1.29, 1.82) is 0 Å². The lowest BCUT2D eigenvalue weighted by molar-refractivity contribution is 0.412. The predicted molar refractivity (Wildman–Crippen MR) is 90.2 cm³/mol. The molecule has 2 heteroatoms. The average Bonchev–Trinajstić information content (AvgIpc) is 2.53. The van der Waals surface area contributed by atoms with Crippen LogP contribution in [-0.2, 0) is 6.42 Å². The third kappa shape index (κ3) is 3.78. The number of hydrogen-bond donors (Lipinski definition) is 1. The van der Waals surface area contributed by atoms with Crippen molar-refractivity contribution in [2.45, 2.75) is 39.7 Å². The minimum Gasteiger partial charge on any atom is -0.496 e. The van der Waals surface area contributed by atoms with Gasteiger partial charge in [-0.05, 0) is 54.7 Å². The van der Waals surface area contributed by atoms with Crippen LogP contribution in [-0.4, -0.2) is 7.11 Å². The lowest BCUT2D eigenvalue weighted by Gasteiger charge is -2.20. The summed E-state index contributed by atoms with van der Waals surface area (Å²) in [4.78, 5) is 0. The minimum atomic E-state index is 0.337. The zero-order valence-corrected chi connectivity index (χ0v) is 13.4. The summed E-state index contributed by atoms with van der Waals surface area (Å²) in [5.41, 5.74) is 5.01. The number of rotatable bonds is 6. The van der Waals surface area contributed by atoms with Gasteiger partial charge in [-0.3, -0.25) is 0 Å². The summed E-state index contributed by atoms with van der Waals surface area (Å²) < 4.78 is 5.31. The Kier molecular flexibility index (Phi) is 5.26. The molecule has 0 spiro atoms. The molecule has 21 heavy (non-hydrogen) atoms. The molecule has 1 unspecified atom stereocenters. The first-order valence-corrected chi connectivity index (χ1v) is 7.68. The Hall–Kier alpha value is -1.96. The van der Waals surface area contributed by atoms with Crippen LogP contribution in [0.25, 0.3) is 0 Å². The van der Waals surface area contributed by atoms with Crippen molar-refractivity contribution in [3.63, 3.8) is 0 Å². The summed E-state index contributed by atoms with van der Waals surface area (Å²) in [7, 11) is 1.71. The topological polar surface area (TPSA) is 21.3 Å². The molecule has 0 heterocycles. The molecule has 1 atom stereocenters. The molecule has 0 aliphatic rings. The van der Waals surface area contributed by atoms with Gasteiger partial charge in [0.1, 0.15) is 5.75 Å². The first kappa shape index (κ1) is 15.4. The molecule has 0 aliphatic carbocycles. The SMILES string of the molecule is CCc1ccc(C(CC)Nc2ccc(OC)c(C)c2)cc1. The van der Waals surface area contributed by atoms with Gasteiger partial charge in [0.2, 0.25) is 0 Å². The summed E-state index contributed by atoms with van der Waals surface area (Å²) in [5, 5.41) is 3.62. The highest BCUT2D eigenvalue weighted by Crippen LogP contribution is 2.26. The zero-order valence-electron chi connectivity index (χ0n) is 13.4. The van der Waals surface area contributed by atoms with E-state index in [-0.39, 0.29) is 0 Å². The molecule has 2 nitrogen and oxygen atoms in total. The summed E-state index contributed by atoms with van der Waals surface area (Å²) in [6.07, 6.45) is 2.14. The second kappa shape index (κ2) is 7.16. The molecule has 0 amide bonds. The molecule has 2 aromatic carbocycles. The number of aryl methyl sites for hydroxylation is 2. The first-order valence-electron chi connectivity index (χ1n) is 7.68. The average molecular weight is 283 g/mol. The number of anilines is 1. The van der Waals surface area contributed by atoms with Crippen LogP contribution in [0.15, 0.2) is 42.5 Å². The van der Waals surface area contributed by atoms with Gasteiger partial charge in [0.15, 0.2) is 0 Å². The van der Waals surface area contributed by atoms with E-state index in [1.54, 1.807) is 7.11 Å². The van der Waals surface area contributed by atoms with Gasteiger partial charge in [0.05, 0.1) is 13.2 Å². The number of nitrogens with one attached hydrogen (secondary N) is 1. The number of methoxy groups -OCH3 is 1. The van der Waals surface area contributed by atoms with Crippen LogP contribution in [0.1, 0.15) is 43.0 Å². The molecule has 1 N–H and O–H groups in total. The van der Waals surface area contributed by atoms with Crippen LogP contribution in [0.4, 0.5) is 5.69 Å². The minimum absolute atomic E-state index is 0.337. The van der Waals surface area contributed by atoms with Crippen molar-refractivity contribution in [3.05, 3.63) is 59.2 Å². The third-order valence-corrected chi connectivity index (χ3v) is 3.93. The molecule has 0 bridgehead atoms. The Morgan fingerprint density at radius 2 is 1.76 bits per heavy atom. The summed E-state index contributed by atoms with van der Waals surface area (Å²) in [6.45, 7) is 6.47. The van der Waals surface area contributed by atoms with Gasteiger partial charge < -0.3 is 10.1 Å². The lowest BCUT2D eigenvalue weighted by atomic mass is 10.0. The number of ether oxygens (including phenoxy) is 1. The van der Waals surface area contributed by atoms with Gasteiger partial charge in [0, 0.05) is 5.69 Å². The Morgan fingerprint density at radius 1 is 1.05 bits per heavy atom. The second-order valence-electron chi connectivity index (χ2n) is 5.38. The van der Waals surface area contributed by atoms with E-state index in [1.165, 1.54) is 11.1 Å². The summed E-state index contributed by atoms with van der Waals surface area (Å²) in [6, 6.07) is 15.5. The maximum Gasteiger partial charge on any atom is 0.121 e. The van der Waals surface area contributed by atoms with Gasteiger partial charge in [-0.1, -0.05) is 38.1 Å². The van der Waals surface area contributed by atoms with E-state index in [2.05, 4.69) is 62.5 Å². The van der Waals surface area contributed by atoms with Crippen LogP contribution in [0.5, 0.6) is 5.75 Å². The highest BCUT2D eigenvalue weighted by molar-refractivity contribution is 5.52. The molecule has 0 aromatic heterocycles. The largest absolute Gasteiger partial charge is 0.496 e. The van der Waals surface area contributed by atoms with E-state index >= 15 is 0 Å². The Balaban J connectivity index is 2.16. The quantitative estimate of drug-likeness (QED) is 0.793. The molecule has 0 aliphatic heterocycles. The van der Waals surface area contributed by atoms with Gasteiger partial charge >= 0.3 is 0 Å². The van der Waals surface area contributed by atoms with E-state index in [4.69, 9.17) is 4.74 Å². The molecule has 0 saturated heterocycles. The van der Waals surface area contributed by atoms with Gasteiger partial charge in [-0.15, -0.1) is 0 Å². The smallest absolute Gasteiger partial charge is 0.121 e. The fourth-order valence-electron chi connectivity index (χ4n) is 2.58. The molecular weight excluding hydrogens is 258 g/mol. The normalized spacial score (nSPS) is 12.0. The van der Waals surface area contributed by atoms with Crippen molar-refractivity contribution < 1.29 is 4.74 Å². The van der Waals surface area contributed by atoms with Crippen LogP contribution in [0.3, 0.4) is 0 Å². The van der Waals surface area contributed by atoms with E-state index in [1.807, 2.05) is 6.07 Å². The van der Waals surface area contributed by atoms with Gasteiger partial charge in [-0.25, -0.2) is 0 Å². The van der Waals surface area contributed by atoms with Crippen molar-refractivity contribution >= 4 is 5.69 Å². The van der Waals surface area contributed by atoms with Crippen LogP contribution < -0.4 is 10.1 Å². The molecular formula is C19H25NO. The van der Waals surface area contributed by atoms with Gasteiger partial charge in [0.25, 0.3) is 0 Å². The second-order valence-corrected chi connectivity index (χ2v) is 5.38. The highest BCUT2D eigenvalue weighted by Gasteiger charge is 2.10. The fraction of sp³-hybridized carbons (Fsp3) is 0.368. The van der Waals surface area contributed by atoms with Crippen molar-refractivity contribution in [2.75, 3.05) is 12.4 Å². The lowest BCUT2D eigenvalue weighted by Crippen LogP contribution is -2.09. The zero-order chi connectivity index (χ0) is 15.2. The van der Waals surface area contributed by atoms with Crippen molar-refractivity contribution in [2.24, 2.45) is 0 Å². The Morgan fingerprint density at radius 3 is 2.29 bits per heavy atom. The monoisotopic (exact) mass is 283 g/mol. The van der Waals surface area contributed by atoms with Gasteiger partial charge in [-0.2, -0.15) is 0 Å².